The number of benzene rings is 1. The fraction of sp³-hybridized carbons (Fsp3) is 0.231. The first kappa shape index (κ1) is 13.2. The standard InChI is InChI=1S/C13H14FN3O2/c1-16-5-4-10(18)11-8-3-2-7(14)6-9(8)13(19)17-12(11)15/h2-3,6,16H,4-5H2,1H3,(H3,15,17,19). The van der Waals surface area contributed by atoms with Crippen LogP contribution in [0.25, 0.3) is 10.8 Å². The number of ketones is 1. The molecular formula is C13H14FN3O2. The van der Waals surface area contributed by atoms with Crippen molar-refractivity contribution in [3.05, 3.63) is 39.9 Å². The number of hydrogen-bond acceptors (Lipinski definition) is 4. The number of halogens is 1. The summed E-state index contributed by atoms with van der Waals surface area (Å²) < 4.78 is 13.2. The van der Waals surface area contributed by atoms with Gasteiger partial charge in [-0.15, -0.1) is 0 Å². The summed E-state index contributed by atoms with van der Waals surface area (Å²) >= 11 is 0. The molecule has 100 valence electrons. The number of carbonyl (C=O) groups excluding carboxylic acids is 1. The van der Waals surface area contributed by atoms with Gasteiger partial charge in [0.1, 0.15) is 11.6 Å². The van der Waals surface area contributed by atoms with Gasteiger partial charge in [0.25, 0.3) is 5.56 Å². The van der Waals surface area contributed by atoms with Gasteiger partial charge in [0.2, 0.25) is 0 Å². The summed E-state index contributed by atoms with van der Waals surface area (Å²) in [5, 5.41) is 3.37. The van der Waals surface area contributed by atoms with Crippen molar-refractivity contribution in [3.63, 3.8) is 0 Å². The molecule has 0 aliphatic heterocycles. The van der Waals surface area contributed by atoms with E-state index in [0.29, 0.717) is 11.9 Å². The molecule has 0 saturated carbocycles. The fourth-order valence-electron chi connectivity index (χ4n) is 1.98. The van der Waals surface area contributed by atoms with Gasteiger partial charge >= 0.3 is 0 Å². The highest BCUT2D eigenvalue weighted by Gasteiger charge is 2.16. The molecule has 0 radical (unpaired) electrons. The highest BCUT2D eigenvalue weighted by molar-refractivity contribution is 6.11. The van der Waals surface area contributed by atoms with Crippen LogP contribution in [0.5, 0.6) is 0 Å². The van der Waals surface area contributed by atoms with E-state index in [1.165, 1.54) is 12.1 Å². The van der Waals surface area contributed by atoms with E-state index in [4.69, 9.17) is 5.73 Å². The van der Waals surface area contributed by atoms with Crippen LogP contribution in [0, 0.1) is 5.82 Å². The maximum atomic E-state index is 13.2. The first-order chi connectivity index (χ1) is 9.04. The van der Waals surface area contributed by atoms with Crippen LogP contribution < -0.4 is 16.6 Å². The first-order valence-corrected chi connectivity index (χ1v) is 5.83. The first-order valence-electron chi connectivity index (χ1n) is 5.83. The molecule has 0 amide bonds. The number of aromatic nitrogens is 1. The average molecular weight is 263 g/mol. The highest BCUT2D eigenvalue weighted by Crippen LogP contribution is 2.21. The zero-order valence-electron chi connectivity index (χ0n) is 10.4. The second kappa shape index (κ2) is 5.19. The number of H-pyrrole nitrogens is 1. The molecule has 1 aromatic heterocycles. The molecule has 0 spiro atoms. The predicted octanol–water partition coefficient (Wildman–Crippen LogP) is 1.04. The Balaban J connectivity index is 2.66. The van der Waals surface area contributed by atoms with Gasteiger partial charge < -0.3 is 16.0 Å². The van der Waals surface area contributed by atoms with Crippen molar-refractivity contribution >= 4 is 22.4 Å². The SMILES string of the molecule is CNCCC(=O)c1c(N)[nH]c(=O)c2cc(F)ccc12. The van der Waals surface area contributed by atoms with E-state index in [2.05, 4.69) is 10.3 Å². The van der Waals surface area contributed by atoms with Crippen LogP contribution in [-0.2, 0) is 0 Å². The summed E-state index contributed by atoms with van der Waals surface area (Å²) in [6.07, 6.45) is 0.249. The molecule has 0 aliphatic carbocycles. The number of aromatic amines is 1. The van der Waals surface area contributed by atoms with Gasteiger partial charge in [-0.3, -0.25) is 9.59 Å². The third-order valence-corrected chi connectivity index (χ3v) is 2.89. The molecule has 6 heteroatoms. The van der Waals surface area contributed by atoms with Crippen LogP contribution in [-0.4, -0.2) is 24.4 Å². The number of pyridine rings is 1. The summed E-state index contributed by atoms with van der Waals surface area (Å²) in [6.45, 7) is 0.500. The Kier molecular flexibility index (Phi) is 3.62. The van der Waals surface area contributed by atoms with Crippen molar-refractivity contribution in [3.8, 4) is 0 Å². The van der Waals surface area contributed by atoms with Crippen LogP contribution >= 0.6 is 0 Å². The van der Waals surface area contributed by atoms with Gasteiger partial charge in [0.15, 0.2) is 5.78 Å². The molecule has 0 fully saturated rings. The second-order valence-electron chi connectivity index (χ2n) is 4.21. The third kappa shape index (κ3) is 2.48. The Morgan fingerprint density at radius 2 is 2.16 bits per heavy atom. The van der Waals surface area contributed by atoms with E-state index in [0.717, 1.165) is 6.07 Å². The lowest BCUT2D eigenvalue weighted by molar-refractivity contribution is 0.0985. The summed E-state index contributed by atoms with van der Waals surface area (Å²) in [4.78, 5) is 26.2. The Morgan fingerprint density at radius 1 is 1.42 bits per heavy atom. The number of nitrogens with two attached hydrogens (primary N) is 1. The monoisotopic (exact) mass is 263 g/mol. The Bertz CT molecular complexity index is 694. The van der Waals surface area contributed by atoms with Crippen molar-refractivity contribution in [2.24, 2.45) is 0 Å². The van der Waals surface area contributed by atoms with Crippen molar-refractivity contribution in [1.29, 1.82) is 0 Å². The third-order valence-electron chi connectivity index (χ3n) is 2.89. The molecule has 2 rings (SSSR count). The quantitative estimate of drug-likeness (QED) is 0.719. The van der Waals surface area contributed by atoms with Crippen molar-refractivity contribution in [2.45, 2.75) is 6.42 Å². The summed E-state index contributed by atoms with van der Waals surface area (Å²) in [7, 11) is 1.73. The number of rotatable bonds is 4. The molecule has 5 nitrogen and oxygen atoms in total. The maximum absolute atomic E-state index is 13.2. The molecule has 0 saturated heterocycles. The highest BCUT2D eigenvalue weighted by atomic mass is 19.1. The minimum Gasteiger partial charge on any atom is -0.385 e. The lowest BCUT2D eigenvalue weighted by atomic mass is 10.0. The number of fused-ring (bicyclic) bond motifs is 1. The number of Topliss-reactive ketones (excluding diaryl/α,β-unsaturated/α-hetero) is 1. The van der Waals surface area contributed by atoms with Crippen molar-refractivity contribution < 1.29 is 9.18 Å². The molecule has 1 aromatic carbocycles. The van der Waals surface area contributed by atoms with Crippen LogP contribution in [0.2, 0.25) is 0 Å². The molecule has 19 heavy (non-hydrogen) atoms. The number of anilines is 1. The molecule has 0 bridgehead atoms. The second-order valence-corrected chi connectivity index (χ2v) is 4.21. The Morgan fingerprint density at radius 3 is 2.84 bits per heavy atom. The topological polar surface area (TPSA) is 88.0 Å². The van der Waals surface area contributed by atoms with Gasteiger partial charge in [-0.05, 0) is 19.2 Å². The minimum atomic E-state index is -0.531. The number of nitrogens with one attached hydrogen (secondary N) is 2. The summed E-state index contributed by atoms with van der Waals surface area (Å²) in [5.74, 6) is -0.707. The molecule has 4 N–H and O–H groups in total. The van der Waals surface area contributed by atoms with Gasteiger partial charge in [-0.25, -0.2) is 4.39 Å². The van der Waals surface area contributed by atoms with E-state index >= 15 is 0 Å². The van der Waals surface area contributed by atoms with E-state index in [1.54, 1.807) is 7.05 Å². The molecule has 0 atom stereocenters. The molecular weight excluding hydrogens is 249 g/mol. The van der Waals surface area contributed by atoms with E-state index in [-0.39, 0.29) is 29.0 Å². The van der Waals surface area contributed by atoms with Crippen molar-refractivity contribution in [2.75, 3.05) is 19.3 Å². The predicted molar refractivity (Wildman–Crippen MR) is 71.8 cm³/mol. The molecule has 0 aliphatic rings. The van der Waals surface area contributed by atoms with Crippen LogP contribution in [0.3, 0.4) is 0 Å². The largest absolute Gasteiger partial charge is 0.385 e. The van der Waals surface area contributed by atoms with Gasteiger partial charge in [0.05, 0.1) is 10.9 Å². The Hall–Kier alpha value is -2.21. The van der Waals surface area contributed by atoms with Crippen LogP contribution in [0.1, 0.15) is 16.8 Å². The van der Waals surface area contributed by atoms with Crippen LogP contribution in [0.4, 0.5) is 10.2 Å². The maximum Gasteiger partial charge on any atom is 0.257 e. The number of hydrogen-bond donors (Lipinski definition) is 3. The van der Waals surface area contributed by atoms with Gasteiger partial charge in [-0.1, -0.05) is 6.07 Å². The number of carbonyl (C=O) groups is 1. The average Bonchev–Trinajstić information content (AvgIpc) is 2.37. The van der Waals surface area contributed by atoms with Crippen molar-refractivity contribution in [1.82, 2.24) is 10.3 Å². The zero-order chi connectivity index (χ0) is 14.0. The molecule has 1 heterocycles. The smallest absolute Gasteiger partial charge is 0.257 e. The van der Waals surface area contributed by atoms with Gasteiger partial charge in [-0.2, -0.15) is 0 Å². The van der Waals surface area contributed by atoms with E-state index in [9.17, 15) is 14.0 Å². The summed E-state index contributed by atoms with van der Waals surface area (Å²) in [5.41, 5.74) is 5.45. The molecule has 0 unspecified atom stereocenters. The normalized spacial score (nSPS) is 10.8. The fourth-order valence-corrected chi connectivity index (χ4v) is 1.98. The zero-order valence-corrected chi connectivity index (χ0v) is 10.4. The van der Waals surface area contributed by atoms with E-state index < -0.39 is 11.4 Å². The van der Waals surface area contributed by atoms with Gasteiger partial charge in [0, 0.05) is 18.4 Å². The number of nitrogen functional groups attached to an aromatic ring is 1. The minimum absolute atomic E-state index is 0.0187. The van der Waals surface area contributed by atoms with Crippen LogP contribution in [0.15, 0.2) is 23.0 Å². The lowest BCUT2D eigenvalue weighted by Gasteiger charge is -2.08. The molecule has 2 aromatic rings. The lowest BCUT2D eigenvalue weighted by Crippen LogP contribution is -2.18. The Labute approximate surface area is 108 Å². The van der Waals surface area contributed by atoms with E-state index in [1.807, 2.05) is 0 Å². The summed E-state index contributed by atoms with van der Waals surface area (Å²) in [6, 6.07) is 3.71.